The number of aromatic nitrogens is 1. The quantitative estimate of drug-likeness (QED) is 0.691. The average Bonchev–Trinajstić information content (AvgIpc) is 2.79. The van der Waals surface area contributed by atoms with Gasteiger partial charge in [-0.15, -0.1) is 0 Å². The Morgan fingerprint density at radius 3 is 2.06 bits per heavy atom. The minimum absolute atomic E-state index is 0.126. The van der Waals surface area contributed by atoms with Gasteiger partial charge in [-0.1, -0.05) is 11.6 Å². The Hall–Kier alpha value is -2.49. The highest BCUT2D eigenvalue weighted by molar-refractivity contribution is 7.89. The molecule has 1 N–H and O–H groups in total. The van der Waals surface area contributed by atoms with E-state index in [0.29, 0.717) is 9.92 Å². The number of sulfonamides is 1. The number of carbonyl (C=O) groups excluding carboxylic acids is 2. The number of rotatable bonds is 5. The van der Waals surface area contributed by atoms with E-state index in [1.54, 1.807) is 11.0 Å². The predicted molar refractivity (Wildman–Crippen MR) is 127 cm³/mol. The summed E-state index contributed by atoms with van der Waals surface area (Å²) in [5, 5.41) is 2.92. The van der Waals surface area contributed by atoms with Gasteiger partial charge < -0.3 is 10.2 Å². The third-order valence-corrected chi connectivity index (χ3v) is 8.88. The fourth-order valence-corrected chi connectivity index (χ4v) is 6.19. The number of pyridine rings is 1. The number of piperazine rings is 1. The van der Waals surface area contributed by atoms with Crippen molar-refractivity contribution in [2.75, 3.05) is 32.7 Å². The molecule has 8 nitrogen and oxygen atoms in total. The van der Waals surface area contributed by atoms with Crippen molar-refractivity contribution in [3.63, 3.8) is 0 Å². The molecule has 10 heteroatoms. The summed E-state index contributed by atoms with van der Waals surface area (Å²) in [6.45, 7) is 10.3. The van der Waals surface area contributed by atoms with Crippen LogP contribution in [0.4, 0.5) is 0 Å². The van der Waals surface area contributed by atoms with Gasteiger partial charge in [0, 0.05) is 37.4 Å². The normalized spacial score (nSPS) is 14.9. The van der Waals surface area contributed by atoms with Gasteiger partial charge in [0.05, 0.1) is 11.4 Å². The van der Waals surface area contributed by atoms with Crippen molar-refractivity contribution in [1.82, 2.24) is 19.5 Å². The van der Waals surface area contributed by atoms with Crippen molar-refractivity contribution in [3.05, 3.63) is 56.9 Å². The van der Waals surface area contributed by atoms with Crippen LogP contribution in [0.3, 0.4) is 0 Å². The van der Waals surface area contributed by atoms with Crippen molar-refractivity contribution in [3.8, 4) is 0 Å². The highest BCUT2D eigenvalue weighted by Gasteiger charge is 2.33. The van der Waals surface area contributed by atoms with E-state index in [2.05, 4.69) is 10.3 Å². The van der Waals surface area contributed by atoms with E-state index in [4.69, 9.17) is 11.6 Å². The zero-order chi connectivity index (χ0) is 24.5. The number of carbonyl (C=O) groups is 2. The molecule has 0 saturated carbocycles. The van der Waals surface area contributed by atoms with E-state index >= 15 is 0 Å². The number of hydrogen-bond donors (Lipinski definition) is 1. The second-order valence-corrected chi connectivity index (χ2v) is 10.6. The summed E-state index contributed by atoms with van der Waals surface area (Å²) in [7, 11) is -3.70. The lowest BCUT2D eigenvalue weighted by molar-refractivity contribution is -0.131. The van der Waals surface area contributed by atoms with Crippen LogP contribution in [0.1, 0.15) is 38.3 Å². The molecule has 2 heterocycles. The molecule has 1 aromatic heterocycles. The largest absolute Gasteiger partial charge is 0.342 e. The van der Waals surface area contributed by atoms with Crippen LogP contribution in [0.15, 0.2) is 23.2 Å². The monoisotopic (exact) mass is 492 g/mol. The van der Waals surface area contributed by atoms with Crippen LogP contribution in [-0.2, 0) is 14.8 Å². The molecule has 0 radical (unpaired) electrons. The third-order valence-electron chi connectivity index (χ3n) is 6.48. The fourth-order valence-electron chi connectivity index (χ4n) is 4.05. The minimum Gasteiger partial charge on any atom is -0.342 e. The van der Waals surface area contributed by atoms with Crippen LogP contribution in [0.2, 0.25) is 5.02 Å². The SMILES string of the molecule is Cc1c(C)c(C)c(S(=O)(=O)N2CCN(C(=O)CNC(=O)c3cc(Cl)ccn3)CC2)c(C)c1C. The standard InChI is InChI=1S/C23H29ClN4O4S/c1-14-15(2)17(4)22(18(5)16(14)3)33(31,32)28-10-8-27(9-11-28)21(29)13-26-23(30)20-12-19(24)6-7-25-20/h6-7,12H,8-11,13H2,1-5H3,(H,26,30). The van der Waals surface area contributed by atoms with Crippen molar-refractivity contribution >= 4 is 33.4 Å². The molecule has 1 aromatic carbocycles. The second-order valence-electron chi connectivity index (χ2n) is 8.28. The number of amides is 2. The van der Waals surface area contributed by atoms with E-state index < -0.39 is 15.9 Å². The van der Waals surface area contributed by atoms with Gasteiger partial charge >= 0.3 is 0 Å². The fraction of sp³-hybridized carbons (Fsp3) is 0.435. The topological polar surface area (TPSA) is 99.7 Å². The van der Waals surface area contributed by atoms with Crippen molar-refractivity contribution in [2.24, 2.45) is 0 Å². The number of nitrogens with one attached hydrogen (secondary N) is 1. The molecule has 0 atom stereocenters. The van der Waals surface area contributed by atoms with Gasteiger partial charge in [-0.25, -0.2) is 8.42 Å². The van der Waals surface area contributed by atoms with Gasteiger partial charge in [0.2, 0.25) is 15.9 Å². The molecule has 3 rings (SSSR count). The molecule has 2 amide bonds. The first-order valence-electron chi connectivity index (χ1n) is 10.7. The molecule has 1 aliphatic rings. The maximum absolute atomic E-state index is 13.5. The Morgan fingerprint density at radius 2 is 1.52 bits per heavy atom. The number of benzene rings is 1. The number of halogens is 1. The van der Waals surface area contributed by atoms with Crippen LogP contribution >= 0.6 is 11.6 Å². The summed E-state index contributed by atoms with van der Waals surface area (Å²) in [6, 6.07) is 2.97. The van der Waals surface area contributed by atoms with Crippen LogP contribution in [0.25, 0.3) is 0 Å². The molecular weight excluding hydrogens is 464 g/mol. The van der Waals surface area contributed by atoms with Gasteiger partial charge in [0.15, 0.2) is 0 Å². The maximum atomic E-state index is 13.5. The van der Waals surface area contributed by atoms with E-state index in [1.165, 1.54) is 16.6 Å². The number of hydrogen-bond acceptors (Lipinski definition) is 5. The molecule has 1 aliphatic heterocycles. The molecule has 0 spiro atoms. The van der Waals surface area contributed by atoms with Crippen LogP contribution < -0.4 is 5.32 Å². The molecule has 33 heavy (non-hydrogen) atoms. The predicted octanol–water partition coefficient (Wildman–Crippen LogP) is 2.54. The van der Waals surface area contributed by atoms with Gasteiger partial charge in [-0.2, -0.15) is 4.31 Å². The van der Waals surface area contributed by atoms with Gasteiger partial charge in [0.25, 0.3) is 5.91 Å². The van der Waals surface area contributed by atoms with E-state index in [1.807, 2.05) is 34.6 Å². The smallest absolute Gasteiger partial charge is 0.270 e. The van der Waals surface area contributed by atoms with E-state index in [9.17, 15) is 18.0 Å². The summed E-state index contributed by atoms with van der Waals surface area (Å²) in [4.78, 5) is 30.6. The summed E-state index contributed by atoms with van der Waals surface area (Å²) in [6.07, 6.45) is 1.42. The molecule has 0 bridgehead atoms. The third kappa shape index (κ3) is 5.05. The molecule has 0 unspecified atom stereocenters. The number of nitrogens with zero attached hydrogens (tertiary/aromatic N) is 3. The van der Waals surface area contributed by atoms with Crippen molar-refractivity contribution < 1.29 is 18.0 Å². The van der Waals surface area contributed by atoms with Crippen molar-refractivity contribution in [1.29, 1.82) is 0 Å². The van der Waals surface area contributed by atoms with Gasteiger partial charge in [-0.05, 0) is 74.6 Å². The lowest BCUT2D eigenvalue weighted by Gasteiger charge is -2.35. The summed E-state index contributed by atoms with van der Waals surface area (Å²) >= 11 is 5.86. The molecule has 1 saturated heterocycles. The van der Waals surface area contributed by atoms with Gasteiger partial charge in [0.1, 0.15) is 5.69 Å². The first-order valence-corrected chi connectivity index (χ1v) is 12.5. The highest BCUT2D eigenvalue weighted by Crippen LogP contribution is 2.31. The van der Waals surface area contributed by atoms with Crippen LogP contribution in [-0.4, -0.2) is 67.1 Å². The Kier molecular flexibility index (Phi) is 7.45. The molecule has 1 fully saturated rings. The van der Waals surface area contributed by atoms with Crippen LogP contribution in [0, 0.1) is 34.6 Å². The first-order chi connectivity index (χ1) is 15.4. The van der Waals surface area contributed by atoms with E-state index in [0.717, 1.165) is 27.8 Å². The summed E-state index contributed by atoms with van der Waals surface area (Å²) in [5.41, 5.74) is 4.73. The lowest BCUT2D eigenvalue weighted by atomic mass is 9.95. The average molecular weight is 493 g/mol. The lowest BCUT2D eigenvalue weighted by Crippen LogP contribution is -2.52. The minimum atomic E-state index is -3.70. The zero-order valence-electron chi connectivity index (χ0n) is 19.5. The van der Waals surface area contributed by atoms with Crippen molar-refractivity contribution in [2.45, 2.75) is 39.5 Å². The van der Waals surface area contributed by atoms with E-state index in [-0.39, 0.29) is 44.3 Å². The first kappa shape index (κ1) is 25.1. The molecule has 178 valence electrons. The Labute approximate surface area is 200 Å². The van der Waals surface area contributed by atoms with Crippen LogP contribution in [0.5, 0.6) is 0 Å². The Morgan fingerprint density at radius 1 is 0.970 bits per heavy atom. The summed E-state index contributed by atoms with van der Waals surface area (Å²) < 4.78 is 28.4. The maximum Gasteiger partial charge on any atom is 0.270 e. The Bertz CT molecular complexity index is 1180. The molecule has 0 aliphatic carbocycles. The second kappa shape index (κ2) is 9.79. The Balaban J connectivity index is 1.65. The molecular formula is C23H29ClN4O4S. The highest BCUT2D eigenvalue weighted by atomic mass is 35.5. The zero-order valence-corrected chi connectivity index (χ0v) is 21.1. The van der Waals surface area contributed by atoms with Gasteiger partial charge in [-0.3, -0.25) is 14.6 Å². The summed E-state index contributed by atoms with van der Waals surface area (Å²) in [5.74, 6) is -0.778. The molecule has 2 aromatic rings.